The number of nitrogens with one attached hydrogen (secondary N) is 2. The second kappa shape index (κ2) is 9.19. The first kappa shape index (κ1) is 19.6. The first-order valence-electron chi connectivity index (χ1n) is 9.32. The van der Waals surface area contributed by atoms with Crippen molar-refractivity contribution >= 4 is 5.95 Å². The first-order chi connectivity index (χ1) is 13.5. The van der Waals surface area contributed by atoms with Gasteiger partial charge in [0.1, 0.15) is 5.75 Å². The van der Waals surface area contributed by atoms with E-state index in [0.717, 1.165) is 23.2 Å². The van der Waals surface area contributed by atoms with Gasteiger partial charge in [0.25, 0.3) is 5.56 Å². The van der Waals surface area contributed by atoms with Crippen LogP contribution in [0.5, 0.6) is 5.75 Å². The van der Waals surface area contributed by atoms with Crippen molar-refractivity contribution in [3.05, 3.63) is 87.8 Å². The molecule has 0 aliphatic rings. The van der Waals surface area contributed by atoms with Crippen LogP contribution < -0.4 is 10.9 Å². The number of nitrogens with zero attached hydrogens (tertiary/aromatic N) is 2. The summed E-state index contributed by atoms with van der Waals surface area (Å²) in [6, 6.07) is 19.0. The summed E-state index contributed by atoms with van der Waals surface area (Å²) in [7, 11) is 4.05. The Balaban J connectivity index is 1.67. The van der Waals surface area contributed by atoms with E-state index in [1.54, 1.807) is 12.1 Å². The van der Waals surface area contributed by atoms with Gasteiger partial charge in [0.2, 0.25) is 5.95 Å². The Kier molecular flexibility index (Phi) is 6.45. The van der Waals surface area contributed by atoms with E-state index in [2.05, 4.69) is 20.2 Å². The van der Waals surface area contributed by atoms with Gasteiger partial charge in [0.05, 0.1) is 0 Å². The van der Waals surface area contributed by atoms with Crippen LogP contribution in [0.15, 0.2) is 65.5 Å². The van der Waals surface area contributed by atoms with Crippen molar-refractivity contribution in [2.24, 2.45) is 0 Å². The molecule has 1 aromatic heterocycles. The van der Waals surface area contributed by atoms with Gasteiger partial charge >= 0.3 is 0 Å². The third kappa shape index (κ3) is 5.69. The lowest BCUT2D eigenvalue weighted by Crippen LogP contribution is -2.37. The largest absolute Gasteiger partial charge is 0.508 e. The molecule has 0 aliphatic heterocycles. The molecule has 28 heavy (non-hydrogen) atoms. The monoisotopic (exact) mass is 378 g/mol. The summed E-state index contributed by atoms with van der Waals surface area (Å²) < 4.78 is 0. The minimum atomic E-state index is -0.257. The van der Waals surface area contributed by atoms with Crippen LogP contribution in [0.3, 0.4) is 0 Å². The number of rotatable bonds is 8. The van der Waals surface area contributed by atoms with Gasteiger partial charge < -0.3 is 20.3 Å². The highest BCUT2D eigenvalue weighted by molar-refractivity contribution is 5.30. The summed E-state index contributed by atoms with van der Waals surface area (Å²) >= 11 is 0. The molecule has 0 bridgehead atoms. The smallest absolute Gasteiger partial charge is 0.274 e. The van der Waals surface area contributed by atoms with Crippen molar-refractivity contribution in [3.63, 3.8) is 0 Å². The number of phenolic OH excluding ortho intramolecular Hbond substituents is 1. The minimum absolute atomic E-state index is 0.202. The van der Waals surface area contributed by atoms with Gasteiger partial charge in [-0.05, 0) is 43.8 Å². The molecular weight excluding hydrogens is 352 g/mol. The molecule has 0 radical (unpaired) electrons. The second-order valence-electron chi connectivity index (χ2n) is 7.12. The second-order valence-corrected chi connectivity index (χ2v) is 7.12. The first-order valence-corrected chi connectivity index (χ1v) is 9.32. The Morgan fingerprint density at radius 1 is 1.07 bits per heavy atom. The number of hydrogen-bond acceptors (Lipinski definition) is 5. The van der Waals surface area contributed by atoms with Gasteiger partial charge in [-0.3, -0.25) is 4.79 Å². The van der Waals surface area contributed by atoms with Crippen LogP contribution in [0.4, 0.5) is 5.95 Å². The molecule has 0 saturated heterocycles. The normalized spacial score (nSPS) is 12.1. The van der Waals surface area contributed by atoms with Crippen LogP contribution >= 0.6 is 0 Å². The van der Waals surface area contributed by atoms with Crippen LogP contribution in [-0.4, -0.2) is 46.7 Å². The lowest BCUT2D eigenvalue weighted by Gasteiger charge is -2.25. The average molecular weight is 378 g/mol. The van der Waals surface area contributed by atoms with E-state index in [4.69, 9.17) is 0 Å². The molecule has 2 aromatic carbocycles. The van der Waals surface area contributed by atoms with E-state index in [1.165, 1.54) is 6.07 Å². The quantitative estimate of drug-likeness (QED) is 0.561. The lowest BCUT2D eigenvalue weighted by molar-refractivity contribution is 0.303. The minimum Gasteiger partial charge on any atom is -0.508 e. The van der Waals surface area contributed by atoms with Crippen LogP contribution in [0.25, 0.3) is 0 Å². The van der Waals surface area contributed by atoms with E-state index in [1.807, 2.05) is 56.6 Å². The van der Waals surface area contributed by atoms with Gasteiger partial charge in [-0.2, -0.15) is 4.98 Å². The fraction of sp³-hybridized carbons (Fsp3) is 0.273. The highest BCUT2D eigenvalue weighted by atomic mass is 16.3. The fourth-order valence-corrected chi connectivity index (χ4v) is 3.06. The van der Waals surface area contributed by atoms with Gasteiger partial charge in [-0.1, -0.05) is 42.5 Å². The molecule has 0 amide bonds. The van der Waals surface area contributed by atoms with Crippen molar-refractivity contribution in [2.45, 2.75) is 18.9 Å². The molecule has 0 fully saturated rings. The number of H-pyrrole nitrogens is 1. The summed E-state index contributed by atoms with van der Waals surface area (Å²) in [5, 5.41) is 12.7. The number of phenols is 1. The van der Waals surface area contributed by atoms with Crippen molar-refractivity contribution in [2.75, 3.05) is 26.0 Å². The third-order valence-electron chi connectivity index (χ3n) is 4.68. The van der Waals surface area contributed by atoms with Crippen LogP contribution in [-0.2, 0) is 12.8 Å². The predicted octanol–water partition coefficient (Wildman–Crippen LogP) is 2.65. The zero-order valence-electron chi connectivity index (χ0n) is 16.2. The fourth-order valence-electron chi connectivity index (χ4n) is 3.06. The molecule has 0 spiro atoms. The Hall–Kier alpha value is -3.12. The van der Waals surface area contributed by atoms with Gasteiger partial charge in [0.15, 0.2) is 0 Å². The Bertz CT molecular complexity index is 937. The number of aromatic hydroxyl groups is 1. The number of aromatic amines is 1. The lowest BCUT2D eigenvalue weighted by atomic mass is 10.1. The highest BCUT2D eigenvalue weighted by Crippen LogP contribution is 2.13. The Labute approximate surface area is 164 Å². The number of benzene rings is 2. The molecule has 3 aromatic rings. The van der Waals surface area contributed by atoms with Crippen molar-refractivity contribution in [3.8, 4) is 5.75 Å². The van der Waals surface area contributed by atoms with Crippen molar-refractivity contribution < 1.29 is 5.11 Å². The van der Waals surface area contributed by atoms with Crippen molar-refractivity contribution in [1.82, 2.24) is 14.9 Å². The molecule has 1 atom stereocenters. The van der Waals surface area contributed by atoms with E-state index in [-0.39, 0.29) is 17.4 Å². The highest BCUT2D eigenvalue weighted by Gasteiger charge is 2.13. The number of anilines is 1. The average Bonchev–Trinajstić information content (AvgIpc) is 2.67. The van der Waals surface area contributed by atoms with Gasteiger partial charge in [-0.15, -0.1) is 0 Å². The van der Waals surface area contributed by atoms with E-state index in [9.17, 15) is 9.90 Å². The van der Waals surface area contributed by atoms with Gasteiger partial charge in [-0.25, -0.2) is 0 Å². The maximum absolute atomic E-state index is 12.0. The number of hydrogen-bond donors (Lipinski definition) is 3. The third-order valence-corrected chi connectivity index (χ3v) is 4.68. The zero-order chi connectivity index (χ0) is 19.9. The molecule has 0 saturated carbocycles. The van der Waals surface area contributed by atoms with Crippen LogP contribution in [0.2, 0.25) is 0 Å². The van der Waals surface area contributed by atoms with E-state index >= 15 is 0 Å². The molecule has 0 unspecified atom stereocenters. The number of likely N-dealkylation sites (N-methyl/N-ethyl adjacent to an activating group) is 1. The zero-order valence-corrected chi connectivity index (χ0v) is 16.2. The number of aromatic nitrogens is 2. The Morgan fingerprint density at radius 3 is 2.46 bits per heavy atom. The van der Waals surface area contributed by atoms with Crippen LogP contribution in [0, 0.1) is 0 Å². The molecule has 1 heterocycles. The molecule has 146 valence electrons. The molecule has 3 N–H and O–H groups in total. The van der Waals surface area contributed by atoms with Crippen LogP contribution in [0.1, 0.15) is 16.8 Å². The standard InChI is InChI=1S/C22H26N4O2/c1-26(2)19(13-17-8-10-20(27)11-9-17)15-23-22-24-18(14-21(28)25-22)12-16-6-4-3-5-7-16/h3-11,14,19,27H,12-13,15H2,1-2H3,(H2,23,24,25,28)/t19-/m0/s1. The topological polar surface area (TPSA) is 81.2 Å². The summed E-state index contributed by atoms with van der Waals surface area (Å²) in [6.45, 7) is 0.631. The summed E-state index contributed by atoms with van der Waals surface area (Å²) in [5.41, 5.74) is 2.84. The maximum Gasteiger partial charge on any atom is 0.274 e. The predicted molar refractivity (Wildman–Crippen MR) is 112 cm³/mol. The van der Waals surface area contributed by atoms with E-state index in [0.29, 0.717) is 18.9 Å². The van der Waals surface area contributed by atoms with E-state index < -0.39 is 0 Å². The maximum atomic E-state index is 12.0. The molecule has 6 heteroatoms. The Morgan fingerprint density at radius 2 is 1.79 bits per heavy atom. The summed E-state index contributed by atoms with van der Waals surface area (Å²) in [5.74, 6) is 0.747. The summed E-state index contributed by atoms with van der Waals surface area (Å²) in [6.07, 6.45) is 1.46. The molecule has 6 nitrogen and oxygen atoms in total. The summed E-state index contributed by atoms with van der Waals surface area (Å²) in [4.78, 5) is 21.4. The SMILES string of the molecule is CN(C)[C@H](CNc1nc(=O)cc(Cc2ccccc2)[nH]1)Cc1ccc(O)cc1. The molecule has 0 aliphatic carbocycles. The molecular formula is C22H26N4O2. The van der Waals surface area contributed by atoms with Crippen molar-refractivity contribution in [1.29, 1.82) is 0 Å². The molecule has 3 rings (SSSR count). The van der Waals surface area contributed by atoms with Gasteiger partial charge in [0, 0.05) is 30.8 Å².